The number of esters is 2. The summed E-state index contributed by atoms with van der Waals surface area (Å²) in [4.78, 5) is 38.3. The molecule has 1 aromatic heterocycles. The molecule has 0 spiro atoms. The van der Waals surface area contributed by atoms with Crippen LogP contribution in [0.5, 0.6) is 0 Å². The Balaban J connectivity index is 2.23. The van der Waals surface area contributed by atoms with Crippen LogP contribution in [0.4, 0.5) is 10.2 Å². The molecule has 9 nitrogen and oxygen atoms in total. The highest BCUT2D eigenvalue weighted by molar-refractivity contribution is 5.69. The Kier molecular flexibility index (Phi) is 6.07. The molecule has 2 rings (SSSR count). The van der Waals surface area contributed by atoms with E-state index in [-0.39, 0.29) is 25.3 Å². The van der Waals surface area contributed by atoms with Crippen LogP contribution in [0.15, 0.2) is 17.1 Å². The molecule has 0 unspecified atom stereocenters. The third-order valence-electron chi connectivity index (χ3n) is 3.65. The standard InChI is InChI=1S/C15H20FN3O6/c1-3-10(20)23-7-8-13(25-11(21)4-2)12(16)14(24-8)19-6-5-9(17)18-15(19)22/h5-6,8,12-14H,3-4,7H2,1-2H3,(H2,17,18,22)/t8-,12-,13-,14-/m1/s1. The Hall–Kier alpha value is -2.49. The molecular weight excluding hydrogens is 337 g/mol. The fourth-order valence-corrected chi connectivity index (χ4v) is 2.32. The van der Waals surface area contributed by atoms with Crippen LogP contribution in [0.25, 0.3) is 0 Å². The number of hydrogen-bond acceptors (Lipinski definition) is 8. The van der Waals surface area contributed by atoms with E-state index in [0.29, 0.717) is 0 Å². The van der Waals surface area contributed by atoms with Crippen LogP contribution in [0.2, 0.25) is 0 Å². The van der Waals surface area contributed by atoms with E-state index in [2.05, 4.69) is 4.98 Å². The Morgan fingerprint density at radius 1 is 1.36 bits per heavy atom. The van der Waals surface area contributed by atoms with Crippen molar-refractivity contribution in [1.82, 2.24) is 9.55 Å². The summed E-state index contributed by atoms with van der Waals surface area (Å²) in [7, 11) is 0. The maximum Gasteiger partial charge on any atom is 0.351 e. The van der Waals surface area contributed by atoms with Gasteiger partial charge in [0.25, 0.3) is 0 Å². The molecule has 0 saturated carbocycles. The molecule has 1 aliphatic rings. The summed E-state index contributed by atoms with van der Waals surface area (Å²) in [6.07, 6.45) is -4.16. The lowest BCUT2D eigenvalue weighted by Crippen LogP contribution is -2.37. The monoisotopic (exact) mass is 357 g/mol. The second-order valence-corrected chi connectivity index (χ2v) is 5.40. The minimum Gasteiger partial charge on any atom is -0.463 e. The Morgan fingerprint density at radius 2 is 2.04 bits per heavy atom. The number of carbonyl (C=O) groups is 2. The number of ether oxygens (including phenoxy) is 3. The Morgan fingerprint density at radius 3 is 2.64 bits per heavy atom. The largest absolute Gasteiger partial charge is 0.463 e. The minimum atomic E-state index is -1.84. The van der Waals surface area contributed by atoms with Gasteiger partial charge >= 0.3 is 17.6 Å². The van der Waals surface area contributed by atoms with Gasteiger partial charge in [-0.05, 0) is 6.07 Å². The SMILES string of the molecule is CCC(=O)OC[C@H]1O[C@@H](n2ccc(N)nc2=O)[C@H](F)[C@@H]1OC(=O)CC. The van der Waals surface area contributed by atoms with Crippen LogP contribution < -0.4 is 11.4 Å². The number of halogens is 1. The lowest BCUT2D eigenvalue weighted by atomic mass is 10.1. The molecule has 1 saturated heterocycles. The fourth-order valence-electron chi connectivity index (χ4n) is 2.32. The van der Waals surface area contributed by atoms with Gasteiger partial charge in [-0.1, -0.05) is 13.8 Å². The van der Waals surface area contributed by atoms with Gasteiger partial charge in [0.1, 0.15) is 18.5 Å². The molecule has 10 heteroatoms. The fraction of sp³-hybridized carbons (Fsp3) is 0.600. The first kappa shape index (κ1) is 18.8. The number of hydrogen-bond donors (Lipinski definition) is 1. The number of nitrogens with two attached hydrogens (primary N) is 1. The molecule has 1 aromatic rings. The quantitative estimate of drug-likeness (QED) is 0.723. The molecule has 0 radical (unpaired) electrons. The molecule has 138 valence electrons. The summed E-state index contributed by atoms with van der Waals surface area (Å²) in [5.41, 5.74) is 4.60. The van der Waals surface area contributed by atoms with Gasteiger partial charge in [-0.3, -0.25) is 14.2 Å². The number of aromatic nitrogens is 2. The van der Waals surface area contributed by atoms with Gasteiger partial charge in [0, 0.05) is 19.0 Å². The van der Waals surface area contributed by atoms with Crippen LogP contribution in [0.3, 0.4) is 0 Å². The average Bonchev–Trinajstić information content (AvgIpc) is 2.88. The molecule has 0 amide bonds. The van der Waals surface area contributed by atoms with E-state index in [9.17, 15) is 18.8 Å². The van der Waals surface area contributed by atoms with Gasteiger partial charge in [0.15, 0.2) is 18.5 Å². The van der Waals surface area contributed by atoms with Crippen molar-refractivity contribution in [2.75, 3.05) is 12.3 Å². The van der Waals surface area contributed by atoms with Gasteiger partial charge < -0.3 is 19.9 Å². The highest BCUT2D eigenvalue weighted by Gasteiger charge is 2.49. The molecule has 1 aliphatic heterocycles. The highest BCUT2D eigenvalue weighted by atomic mass is 19.1. The molecule has 2 heterocycles. The second kappa shape index (κ2) is 8.06. The molecule has 4 atom stereocenters. The van der Waals surface area contributed by atoms with Crippen LogP contribution in [0.1, 0.15) is 32.9 Å². The van der Waals surface area contributed by atoms with Crippen molar-refractivity contribution in [3.63, 3.8) is 0 Å². The van der Waals surface area contributed by atoms with E-state index in [4.69, 9.17) is 19.9 Å². The van der Waals surface area contributed by atoms with Crippen molar-refractivity contribution in [2.24, 2.45) is 0 Å². The van der Waals surface area contributed by atoms with Crippen LogP contribution in [0, 0.1) is 0 Å². The smallest absolute Gasteiger partial charge is 0.351 e. The summed E-state index contributed by atoms with van der Waals surface area (Å²) < 4.78 is 31.2. The van der Waals surface area contributed by atoms with E-state index in [1.807, 2.05) is 0 Å². The first-order valence-corrected chi connectivity index (χ1v) is 7.86. The van der Waals surface area contributed by atoms with Crippen molar-refractivity contribution in [1.29, 1.82) is 0 Å². The van der Waals surface area contributed by atoms with Crippen molar-refractivity contribution in [3.05, 3.63) is 22.7 Å². The zero-order valence-corrected chi connectivity index (χ0v) is 13.9. The number of anilines is 1. The number of nitrogens with zero attached hydrogens (tertiary/aromatic N) is 2. The minimum absolute atomic E-state index is 0.0166. The summed E-state index contributed by atoms with van der Waals surface area (Å²) in [6, 6.07) is 1.31. The first-order valence-electron chi connectivity index (χ1n) is 7.86. The third kappa shape index (κ3) is 4.32. The summed E-state index contributed by atoms with van der Waals surface area (Å²) in [5.74, 6) is -1.15. The Bertz CT molecular complexity index is 694. The lowest BCUT2D eigenvalue weighted by Gasteiger charge is -2.19. The molecule has 2 N–H and O–H groups in total. The molecule has 0 aromatic carbocycles. The summed E-state index contributed by atoms with van der Waals surface area (Å²) in [6.45, 7) is 2.86. The highest BCUT2D eigenvalue weighted by Crippen LogP contribution is 2.33. The van der Waals surface area contributed by atoms with Gasteiger partial charge in [-0.25, -0.2) is 9.18 Å². The molecule has 1 fully saturated rings. The predicted molar refractivity (Wildman–Crippen MR) is 83.1 cm³/mol. The third-order valence-corrected chi connectivity index (χ3v) is 3.65. The summed E-state index contributed by atoms with van der Waals surface area (Å²) >= 11 is 0. The maximum absolute atomic E-state index is 14.8. The summed E-state index contributed by atoms with van der Waals surface area (Å²) in [5, 5.41) is 0. The zero-order valence-electron chi connectivity index (χ0n) is 13.9. The van der Waals surface area contributed by atoms with Gasteiger partial charge in [0.05, 0.1) is 0 Å². The van der Waals surface area contributed by atoms with Crippen LogP contribution in [-0.4, -0.2) is 46.5 Å². The van der Waals surface area contributed by atoms with Gasteiger partial charge in [-0.2, -0.15) is 4.98 Å². The lowest BCUT2D eigenvalue weighted by molar-refractivity contribution is -0.158. The van der Waals surface area contributed by atoms with Crippen molar-refractivity contribution in [2.45, 2.75) is 51.3 Å². The molecule has 0 bridgehead atoms. The van der Waals surface area contributed by atoms with Crippen LogP contribution >= 0.6 is 0 Å². The molecule has 25 heavy (non-hydrogen) atoms. The van der Waals surface area contributed by atoms with Gasteiger partial charge in [-0.15, -0.1) is 0 Å². The average molecular weight is 357 g/mol. The predicted octanol–water partition coefficient (Wildman–Crippen LogP) is 0.336. The maximum atomic E-state index is 14.8. The topological polar surface area (TPSA) is 123 Å². The zero-order chi connectivity index (χ0) is 18.6. The Labute approximate surface area is 142 Å². The van der Waals surface area contributed by atoms with E-state index >= 15 is 0 Å². The van der Waals surface area contributed by atoms with E-state index < -0.39 is 42.2 Å². The second-order valence-electron chi connectivity index (χ2n) is 5.40. The van der Waals surface area contributed by atoms with Crippen LogP contribution in [-0.2, 0) is 23.8 Å². The molecule has 0 aliphatic carbocycles. The number of rotatable bonds is 6. The van der Waals surface area contributed by atoms with E-state index in [1.54, 1.807) is 13.8 Å². The van der Waals surface area contributed by atoms with Crippen molar-refractivity contribution >= 4 is 17.8 Å². The van der Waals surface area contributed by atoms with Gasteiger partial charge in [0.2, 0.25) is 0 Å². The number of alkyl halides is 1. The first-order chi connectivity index (χ1) is 11.9. The molecular formula is C15H20FN3O6. The van der Waals surface area contributed by atoms with E-state index in [1.165, 1.54) is 12.3 Å². The normalized spacial score (nSPS) is 25.6. The van der Waals surface area contributed by atoms with E-state index in [0.717, 1.165) is 4.57 Å². The number of carbonyl (C=O) groups excluding carboxylic acids is 2. The van der Waals surface area contributed by atoms with Crippen molar-refractivity contribution < 1.29 is 28.2 Å². The number of nitrogen functional groups attached to an aromatic ring is 1. The van der Waals surface area contributed by atoms with Crippen molar-refractivity contribution in [3.8, 4) is 0 Å².